The fourth-order valence-electron chi connectivity index (χ4n) is 3.53. The number of benzene rings is 3. The lowest BCUT2D eigenvalue weighted by molar-refractivity contribution is -0.135. The van der Waals surface area contributed by atoms with Crippen LogP contribution >= 0.6 is 0 Å². The van der Waals surface area contributed by atoms with Crippen molar-refractivity contribution in [2.24, 2.45) is 0 Å². The van der Waals surface area contributed by atoms with Crippen molar-refractivity contribution in [2.75, 3.05) is 17.2 Å². The van der Waals surface area contributed by atoms with Crippen LogP contribution in [0.1, 0.15) is 12.8 Å². The molecule has 182 valence electrons. The molecule has 2 amide bonds. The molecule has 0 radical (unpaired) electrons. The Kier molecular flexibility index (Phi) is 7.08. The maximum absolute atomic E-state index is 13.3. The Bertz CT molecular complexity index is 1340. The van der Waals surface area contributed by atoms with Crippen LogP contribution in [0.15, 0.2) is 71.6 Å². The maximum Gasteiger partial charge on any atom is 0.341 e. The van der Waals surface area contributed by atoms with E-state index in [0.717, 1.165) is 24.1 Å². The van der Waals surface area contributed by atoms with Crippen LogP contribution in [0.4, 0.5) is 25.0 Å². The van der Waals surface area contributed by atoms with E-state index in [9.17, 15) is 26.8 Å². The Balaban J connectivity index is 1.37. The second-order valence-corrected chi connectivity index (χ2v) is 9.36. The first-order valence-electron chi connectivity index (χ1n) is 10.7. The molecule has 0 saturated carbocycles. The number of hydrogen-bond acceptors (Lipinski definition) is 6. The lowest BCUT2D eigenvalue weighted by Crippen LogP contribution is -2.33. The van der Waals surface area contributed by atoms with Gasteiger partial charge in [-0.05, 0) is 66.9 Å². The Hall–Kier alpha value is -3.83. The van der Waals surface area contributed by atoms with Crippen LogP contribution < -0.4 is 16.0 Å². The summed E-state index contributed by atoms with van der Waals surface area (Å²) in [5.74, 6) is -2.90. The molecule has 8 nitrogen and oxygen atoms in total. The highest BCUT2D eigenvalue weighted by molar-refractivity contribution is 7.87. The van der Waals surface area contributed by atoms with Gasteiger partial charge in [0.1, 0.15) is 10.9 Å². The fourth-order valence-corrected chi connectivity index (χ4v) is 4.43. The molecule has 1 aliphatic heterocycles. The molecule has 0 aliphatic carbocycles. The molecule has 3 N–H and O–H groups in total. The van der Waals surface area contributed by atoms with Gasteiger partial charge in [-0.3, -0.25) is 0 Å². The minimum absolute atomic E-state index is 0.0956. The number of anilines is 2. The van der Waals surface area contributed by atoms with Gasteiger partial charge in [-0.1, -0.05) is 24.3 Å². The molecule has 35 heavy (non-hydrogen) atoms. The Morgan fingerprint density at radius 2 is 1.46 bits per heavy atom. The standard InChI is InChI=1S/C24H21F2N3O5S/c25-20-12-9-18(14-21(20)26)29-24(31)28-17-7-3-15(4-8-17)16-5-10-19(11-6-16)35(32,33)34-23(30)22-2-1-13-27-22/h3-12,14,22,27H,1-2,13H2,(H2,28,29,31)/t22-/m0/s1. The van der Waals surface area contributed by atoms with Gasteiger partial charge in [0.15, 0.2) is 11.6 Å². The lowest BCUT2D eigenvalue weighted by atomic mass is 10.1. The third-order valence-electron chi connectivity index (χ3n) is 5.33. The SMILES string of the molecule is O=C(Nc1ccc(-c2ccc(S(=O)(=O)OC(=O)[C@@H]3CCCN3)cc2)cc1)Nc1ccc(F)c(F)c1. The molecule has 3 aromatic rings. The van der Waals surface area contributed by atoms with Crippen molar-refractivity contribution in [3.8, 4) is 11.1 Å². The van der Waals surface area contributed by atoms with E-state index in [4.69, 9.17) is 4.18 Å². The number of rotatable bonds is 6. The van der Waals surface area contributed by atoms with E-state index in [1.165, 1.54) is 18.2 Å². The minimum Gasteiger partial charge on any atom is -0.341 e. The molecule has 3 aromatic carbocycles. The van der Waals surface area contributed by atoms with Crippen LogP contribution in [0, 0.1) is 11.6 Å². The van der Waals surface area contributed by atoms with Crippen molar-refractivity contribution >= 4 is 33.5 Å². The number of halogens is 2. The van der Waals surface area contributed by atoms with Crippen LogP contribution in [0.25, 0.3) is 11.1 Å². The van der Waals surface area contributed by atoms with Crippen molar-refractivity contribution in [1.29, 1.82) is 0 Å². The highest BCUT2D eigenvalue weighted by Crippen LogP contribution is 2.24. The zero-order valence-corrected chi connectivity index (χ0v) is 19.1. The molecule has 1 atom stereocenters. The zero-order valence-electron chi connectivity index (χ0n) is 18.3. The molecule has 1 saturated heterocycles. The smallest absolute Gasteiger partial charge is 0.341 e. The first kappa shape index (κ1) is 24.3. The van der Waals surface area contributed by atoms with Gasteiger partial charge in [-0.2, -0.15) is 8.42 Å². The Morgan fingerprint density at radius 1 is 0.857 bits per heavy atom. The summed E-state index contributed by atoms with van der Waals surface area (Å²) in [6.07, 6.45) is 1.31. The summed E-state index contributed by atoms with van der Waals surface area (Å²) in [6, 6.07) is 14.3. The van der Waals surface area contributed by atoms with Crippen molar-refractivity contribution in [3.63, 3.8) is 0 Å². The zero-order chi connectivity index (χ0) is 25.0. The molecular formula is C24H21F2N3O5S. The number of carbonyl (C=O) groups excluding carboxylic acids is 2. The maximum atomic E-state index is 13.3. The fraction of sp³-hybridized carbons (Fsp3) is 0.167. The number of nitrogens with one attached hydrogen (secondary N) is 3. The predicted octanol–water partition coefficient (Wildman–Crippen LogP) is 4.26. The van der Waals surface area contributed by atoms with E-state index in [0.29, 0.717) is 24.2 Å². The van der Waals surface area contributed by atoms with E-state index in [1.807, 2.05) is 0 Å². The van der Waals surface area contributed by atoms with Crippen LogP contribution in [-0.2, 0) is 19.1 Å². The molecule has 1 heterocycles. The van der Waals surface area contributed by atoms with Gasteiger partial charge in [0.25, 0.3) is 0 Å². The monoisotopic (exact) mass is 501 g/mol. The first-order valence-corrected chi connectivity index (χ1v) is 12.1. The van der Waals surface area contributed by atoms with E-state index in [2.05, 4.69) is 16.0 Å². The van der Waals surface area contributed by atoms with Crippen LogP contribution in [0.5, 0.6) is 0 Å². The highest BCUT2D eigenvalue weighted by Gasteiger charge is 2.29. The molecule has 11 heteroatoms. The van der Waals surface area contributed by atoms with Crippen molar-refractivity contribution in [1.82, 2.24) is 5.32 Å². The number of carbonyl (C=O) groups is 2. The van der Waals surface area contributed by atoms with Crippen LogP contribution in [-0.4, -0.2) is 33.0 Å². The molecule has 0 aromatic heterocycles. The second kappa shape index (κ2) is 10.2. The predicted molar refractivity (Wildman–Crippen MR) is 125 cm³/mol. The summed E-state index contributed by atoms with van der Waals surface area (Å²) in [5.41, 5.74) is 1.98. The van der Waals surface area contributed by atoms with Gasteiger partial charge in [-0.15, -0.1) is 0 Å². The summed E-state index contributed by atoms with van der Waals surface area (Å²) in [5, 5.41) is 7.87. The van der Waals surface area contributed by atoms with Gasteiger partial charge in [-0.25, -0.2) is 18.4 Å². The van der Waals surface area contributed by atoms with E-state index in [1.54, 1.807) is 36.4 Å². The summed E-state index contributed by atoms with van der Waals surface area (Å²) >= 11 is 0. The molecule has 1 aliphatic rings. The van der Waals surface area contributed by atoms with Gasteiger partial charge in [0.2, 0.25) is 0 Å². The summed E-state index contributed by atoms with van der Waals surface area (Å²) in [7, 11) is -4.24. The highest BCUT2D eigenvalue weighted by atomic mass is 32.2. The van der Waals surface area contributed by atoms with Gasteiger partial charge < -0.3 is 20.1 Å². The Morgan fingerprint density at radius 3 is 2.06 bits per heavy atom. The van der Waals surface area contributed by atoms with Crippen molar-refractivity contribution < 1.29 is 31.0 Å². The third kappa shape index (κ3) is 6.00. The molecule has 1 fully saturated rings. The van der Waals surface area contributed by atoms with E-state index >= 15 is 0 Å². The van der Waals surface area contributed by atoms with Crippen molar-refractivity contribution in [2.45, 2.75) is 23.8 Å². The van der Waals surface area contributed by atoms with Crippen LogP contribution in [0.2, 0.25) is 0 Å². The largest absolute Gasteiger partial charge is 0.341 e. The van der Waals surface area contributed by atoms with E-state index < -0.39 is 39.8 Å². The van der Waals surface area contributed by atoms with Gasteiger partial charge in [0, 0.05) is 17.4 Å². The summed E-state index contributed by atoms with van der Waals surface area (Å²) < 4.78 is 55.8. The average Bonchev–Trinajstić information content (AvgIpc) is 3.37. The molecule has 0 unspecified atom stereocenters. The minimum atomic E-state index is -4.24. The third-order valence-corrected chi connectivity index (χ3v) is 6.57. The Labute approximate surface area is 200 Å². The summed E-state index contributed by atoms with van der Waals surface area (Å²) in [6.45, 7) is 0.641. The molecule has 0 bridgehead atoms. The summed E-state index contributed by atoms with van der Waals surface area (Å²) in [4.78, 5) is 24.0. The lowest BCUT2D eigenvalue weighted by Gasteiger charge is -2.11. The van der Waals surface area contributed by atoms with Gasteiger partial charge >= 0.3 is 22.1 Å². The number of hydrogen-bond donors (Lipinski definition) is 3. The molecular weight excluding hydrogens is 480 g/mol. The number of urea groups is 1. The van der Waals surface area contributed by atoms with Gasteiger partial charge in [0.05, 0.1) is 0 Å². The van der Waals surface area contributed by atoms with Crippen molar-refractivity contribution in [3.05, 3.63) is 78.4 Å². The van der Waals surface area contributed by atoms with Crippen LogP contribution in [0.3, 0.4) is 0 Å². The van der Waals surface area contributed by atoms with E-state index in [-0.39, 0.29) is 10.6 Å². The number of amides is 2. The normalized spacial score (nSPS) is 15.4. The quantitative estimate of drug-likeness (QED) is 0.435. The molecule has 0 spiro atoms. The first-order chi connectivity index (χ1) is 16.7. The topological polar surface area (TPSA) is 114 Å². The second-order valence-electron chi connectivity index (χ2n) is 7.82. The average molecular weight is 502 g/mol. The molecule has 4 rings (SSSR count).